The van der Waals surface area contributed by atoms with E-state index in [2.05, 4.69) is 22.8 Å². The van der Waals surface area contributed by atoms with Crippen molar-refractivity contribution in [1.29, 1.82) is 0 Å². The van der Waals surface area contributed by atoms with E-state index in [1.54, 1.807) is 7.11 Å². The van der Waals surface area contributed by atoms with Crippen molar-refractivity contribution in [3.8, 4) is 5.75 Å². The molecule has 0 saturated carbocycles. The summed E-state index contributed by atoms with van der Waals surface area (Å²) in [5.41, 5.74) is 0.691. The Bertz CT molecular complexity index is 514. The lowest BCUT2D eigenvalue weighted by Gasteiger charge is -2.38. The van der Waals surface area contributed by atoms with Crippen LogP contribution in [0.25, 0.3) is 0 Å². The molecule has 1 aliphatic rings. The zero-order valence-electron chi connectivity index (χ0n) is 14.6. The van der Waals surface area contributed by atoms with Crippen LogP contribution in [0.1, 0.15) is 39.2 Å². The number of carbonyl (C=O) groups is 1. The highest BCUT2D eigenvalue weighted by molar-refractivity contribution is 5.67. The molecule has 0 aliphatic carbocycles. The van der Waals surface area contributed by atoms with E-state index in [-0.39, 0.29) is 11.5 Å². The Labute approximate surface area is 138 Å². The molecule has 2 N–H and O–H groups in total. The summed E-state index contributed by atoms with van der Waals surface area (Å²) in [6.45, 7) is 8.09. The highest BCUT2D eigenvalue weighted by Gasteiger charge is 2.34. The first-order valence-electron chi connectivity index (χ1n) is 8.17. The van der Waals surface area contributed by atoms with Crippen molar-refractivity contribution in [3.05, 3.63) is 29.8 Å². The molecule has 0 radical (unpaired) electrons. The molecule has 5 nitrogen and oxygen atoms in total. The summed E-state index contributed by atoms with van der Waals surface area (Å²) in [5, 5.41) is 6.35. The van der Waals surface area contributed by atoms with Gasteiger partial charge in [-0.25, -0.2) is 4.79 Å². The fraction of sp³-hybridized carbons (Fsp3) is 0.611. The second kappa shape index (κ2) is 7.21. The van der Waals surface area contributed by atoms with Crippen LogP contribution in [-0.4, -0.2) is 38.4 Å². The third kappa shape index (κ3) is 4.86. The van der Waals surface area contributed by atoms with Crippen molar-refractivity contribution in [2.75, 3.05) is 26.7 Å². The molecule has 0 spiro atoms. The Balaban J connectivity index is 2.10. The molecule has 1 fully saturated rings. The van der Waals surface area contributed by atoms with Gasteiger partial charge in [0.05, 0.1) is 7.11 Å². The van der Waals surface area contributed by atoms with Gasteiger partial charge in [0.15, 0.2) is 0 Å². The van der Waals surface area contributed by atoms with Gasteiger partial charge < -0.3 is 20.1 Å². The van der Waals surface area contributed by atoms with Crippen LogP contribution in [0.2, 0.25) is 0 Å². The van der Waals surface area contributed by atoms with Crippen LogP contribution in [0.4, 0.5) is 4.79 Å². The standard InChI is InChI=1S/C18H28N2O3/c1-17(2,3)23-16(21)20-13-18(9-11-19-12-10-18)14-5-7-15(22-4)8-6-14/h5-8,19H,9-13H2,1-4H3,(H,20,21). The first-order valence-corrected chi connectivity index (χ1v) is 8.17. The monoisotopic (exact) mass is 320 g/mol. The molecule has 1 aromatic rings. The van der Waals surface area contributed by atoms with Crippen molar-refractivity contribution < 1.29 is 14.3 Å². The number of piperidine rings is 1. The molecule has 0 bridgehead atoms. The smallest absolute Gasteiger partial charge is 0.407 e. The Kier molecular flexibility index (Phi) is 5.52. The molecule has 5 heteroatoms. The zero-order chi connectivity index (χ0) is 16.9. The van der Waals surface area contributed by atoms with E-state index >= 15 is 0 Å². The van der Waals surface area contributed by atoms with Crippen LogP contribution < -0.4 is 15.4 Å². The predicted molar refractivity (Wildman–Crippen MR) is 91.0 cm³/mol. The van der Waals surface area contributed by atoms with E-state index in [0.717, 1.165) is 31.7 Å². The zero-order valence-corrected chi connectivity index (χ0v) is 14.6. The summed E-state index contributed by atoms with van der Waals surface area (Å²) in [5.74, 6) is 0.845. The number of methoxy groups -OCH3 is 1. The van der Waals surface area contributed by atoms with Crippen molar-refractivity contribution in [2.45, 2.75) is 44.6 Å². The van der Waals surface area contributed by atoms with E-state index in [1.807, 2.05) is 32.9 Å². The molecule has 2 rings (SSSR count). The van der Waals surface area contributed by atoms with Crippen LogP contribution >= 0.6 is 0 Å². The van der Waals surface area contributed by atoms with Crippen LogP contribution in [0.3, 0.4) is 0 Å². The number of nitrogens with one attached hydrogen (secondary N) is 2. The number of hydrogen-bond acceptors (Lipinski definition) is 4. The number of carbonyl (C=O) groups excluding carboxylic acids is 1. The molecule has 0 aromatic heterocycles. The van der Waals surface area contributed by atoms with Gasteiger partial charge in [-0.05, 0) is 64.4 Å². The first-order chi connectivity index (χ1) is 10.8. The maximum absolute atomic E-state index is 12.0. The predicted octanol–water partition coefficient (Wildman–Crippen LogP) is 2.84. The van der Waals surface area contributed by atoms with Crippen molar-refractivity contribution >= 4 is 6.09 Å². The van der Waals surface area contributed by atoms with Gasteiger partial charge in [0.2, 0.25) is 0 Å². The molecule has 128 valence electrons. The minimum Gasteiger partial charge on any atom is -0.497 e. The van der Waals surface area contributed by atoms with Crippen molar-refractivity contribution in [3.63, 3.8) is 0 Å². The van der Waals surface area contributed by atoms with Gasteiger partial charge in [0, 0.05) is 12.0 Å². The SMILES string of the molecule is COc1ccc(C2(CNC(=O)OC(C)(C)C)CCNCC2)cc1. The fourth-order valence-corrected chi connectivity index (χ4v) is 2.97. The first kappa shape index (κ1) is 17.6. The second-order valence-electron chi connectivity index (χ2n) is 7.11. The molecule has 0 unspecified atom stereocenters. The maximum atomic E-state index is 12.0. The summed E-state index contributed by atoms with van der Waals surface area (Å²) >= 11 is 0. The highest BCUT2D eigenvalue weighted by atomic mass is 16.6. The molecule has 0 atom stereocenters. The molecule has 1 saturated heterocycles. The topological polar surface area (TPSA) is 59.6 Å². The summed E-state index contributed by atoms with van der Waals surface area (Å²) in [4.78, 5) is 12.0. The van der Waals surface area contributed by atoms with E-state index in [1.165, 1.54) is 5.56 Å². The van der Waals surface area contributed by atoms with Crippen molar-refractivity contribution in [1.82, 2.24) is 10.6 Å². The van der Waals surface area contributed by atoms with E-state index in [0.29, 0.717) is 6.54 Å². The molecular weight excluding hydrogens is 292 g/mol. The fourth-order valence-electron chi connectivity index (χ4n) is 2.97. The third-order valence-electron chi connectivity index (χ3n) is 4.23. The summed E-state index contributed by atoms with van der Waals surface area (Å²) < 4.78 is 10.6. The average molecular weight is 320 g/mol. The van der Waals surface area contributed by atoms with Gasteiger partial charge in [-0.15, -0.1) is 0 Å². The molecule has 1 heterocycles. The highest BCUT2D eigenvalue weighted by Crippen LogP contribution is 2.34. The summed E-state index contributed by atoms with van der Waals surface area (Å²) in [7, 11) is 1.67. The Morgan fingerprint density at radius 2 is 1.83 bits per heavy atom. The summed E-state index contributed by atoms with van der Waals surface area (Å²) in [6.07, 6.45) is 1.61. The largest absolute Gasteiger partial charge is 0.497 e. The molecule has 23 heavy (non-hydrogen) atoms. The lowest BCUT2D eigenvalue weighted by atomic mass is 9.73. The minimum absolute atomic E-state index is 0.0611. The third-order valence-corrected chi connectivity index (χ3v) is 4.23. The quantitative estimate of drug-likeness (QED) is 0.895. The van der Waals surface area contributed by atoms with Gasteiger partial charge in [-0.1, -0.05) is 12.1 Å². The minimum atomic E-state index is -0.481. The maximum Gasteiger partial charge on any atom is 0.407 e. The number of alkyl carbamates (subject to hydrolysis) is 1. The Morgan fingerprint density at radius 3 is 2.35 bits per heavy atom. The number of benzene rings is 1. The lowest BCUT2D eigenvalue weighted by molar-refractivity contribution is 0.0509. The van der Waals surface area contributed by atoms with Crippen molar-refractivity contribution in [2.24, 2.45) is 0 Å². The van der Waals surface area contributed by atoms with Crippen LogP contribution in [-0.2, 0) is 10.2 Å². The number of ether oxygens (including phenoxy) is 2. The normalized spacial score (nSPS) is 17.4. The van der Waals surface area contributed by atoms with Crippen LogP contribution in [0.5, 0.6) is 5.75 Å². The van der Waals surface area contributed by atoms with Gasteiger partial charge >= 0.3 is 6.09 Å². The van der Waals surface area contributed by atoms with Gasteiger partial charge in [-0.3, -0.25) is 0 Å². The number of rotatable bonds is 4. The lowest BCUT2D eigenvalue weighted by Crippen LogP contribution is -2.48. The van der Waals surface area contributed by atoms with Crippen LogP contribution in [0.15, 0.2) is 24.3 Å². The molecular formula is C18H28N2O3. The molecule has 1 aromatic carbocycles. The van der Waals surface area contributed by atoms with E-state index < -0.39 is 5.60 Å². The van der Waals surface area contributed by atoms with E-state index in [9.17, 15) is 4.79 Å². The Morgan fingerprint density at radius 1 is 1.22 bits per heavy atom. The molecule has 1 amide bonds. The second-order valence-corrected chi connectivity index (χ2v) is 7.11. The van der Waals surface area contributed by atoms with Crippen LogP contribution in [0, 0.1) is 0 Å². The molecule has 1 aliphatic heterocycles. The van der Waals surface area contributed by atoms with Gasteiger partial charge in [-0.2, -0.15) is 0 Å². The van der Waals surface area contributed by atoms with Gasteiger partial charge in [0.1, 0.15) is 11.4 Å². The number of hydrogen-bond donors (Lipinski definition) is 2. The van der Waals surface area contributed by atoms with Gasteiger partial charge in [0.25, 0.3) is 0 Å². The summed E-state index contributed by atoms with van der Waals surface area (Å²) in [6, 6.07) is 8.15. The Hall–Kier alpha value is -1.75. The average Bonchev–Trinajstić information content (AvgIpc) is 2.52. The number of amides is 1. The van der Waals surface area contributed by atoms with E-state index in [4.69, 9.17) is 9.47 Å².